The Kier molecular flexibility index (Phi) is 7.24. The molecule has 0 bridgehead atoms. The van der Waals surface area contributed by atoms with Gasteiger partial charge in [0.05, 0.1) is 37.5 Å². The Labute approximate surface area is 191 Å². The largest absolute Gasteiger partial charge is 0.493 e. The third kappa shape index (κ3) is 5.03. The van der Waals surface area contributed by atoms with E-state index in [1.807, 2.05) is 24.1 Å². The summed E-state index contributed by atoms with van der Waals surface area (Å²) in [4.78, 5) is 13.0. The van der Waals surface area contributed by atoms with Gasteiger partial charge in [0.1, 0.15) is 18.0 Å². The maximum absolute atomic E-state index is 13.6. The average Bonchev–Trinajstić information content (AvgIpc) is 2.83. The van der Waals surface area contributed by atoms with Crippen LogP contribution in [0.3, 0.4) is 0 Å². The highest BCUT2D eigenvalue weighted by molar-refractivity contribution is 6.31. The van der Waals surface area contributed by atoms with Crippen molar-refractivity contribution in [3.8, 4) is 11.5 Å². The molecule has 32 heavy (non-hydrogen) atoms. The molecule has 0 atom stereocenters. The summed E-state index contributed by atoms with van der Waals surface area (Å²) in [6.07, 6.45) is 2.38. The highest BCUT2D eigenvalue weighted by Crippen LogP contribution is 2.37. The summed E-state index contributed by atoms with van der Waals surface area (Å²) < 4.78 is 30.6. The fourth-order valence-corrected chi connectivity index (χ4v) is 3.88. The molecule has 3 aromatic rings. The van der Waals surface area contributed by atoms with Crippen molar-refractivity contribution in [1.29, 1.82) is 0 Å². The van der Waals surface area contributed by atoms with Crippen LogP contribution in [0.2, 0.25) is 5.02 Å². The van der Waals surface area contributed by atoms with E-state index in [0.717, 1.165) is 44.7 Å². The molecule has 1 aromatic heterocycles. The molecule has 0 aliphatic carbocycles. The molecule has 170 valence electrons. The third-order valence-electron chi connectivity index (χ3n) is 5.49. The summed E-state index contributed by atoms with van der Waals surface area (Å²) in [7, 11) is 3.45. The van der Waals surface area contributed by atoms with Crippen LogP contribution in [0.25, 0.3) is 10.9 Å². The van der Waals surface area contributed by atoms with Crippen molar-refractivity contribution < 1.29 is 18.6 Å². The van der Waals surface area contributed by atoms with E-state index in [2.05, 4.69) is 14.9 Å². The summed E-state index contributed by atoms with van der Waals surface area (Å²) in [5, 5.41) is 0.845. The molecule has 1 aliphatic heterocycles. The van der Waals surface area contributed by atoms with Crippen molar-refractivity contribution >= 4 is 34.0 Å². The minimum Gasteiger partial charge on any atom is -0.493 e. The maximum atomic E-state index is 13.6. The van der Waals surface area contributed by atoms with Crippen molar-refractivity contribution in [2.24, 2.45) is 0 Å². The second kappa shape index (κ2) is 10.3. The minimum absolute atomic E-state index is 0.0543. The lowest BCUT2D eigenvalue weighted by Crippen LogP contribution is -2.37. The number of benzene rings is 2. The Bertz CT molecular complexity index is 1080. The Hall–Kier alpha value is -2.68. The van der Waals surface area contributed by atoms with Gasteiger partial charge in [-0.05, 0) is 30.7 Å². The van der Waals surface area contributed by atoms with E-state index >= 15 is 0 Å². The first kappa shape index (κ1) is 22.5. The van der Waals surface area contributed by atoms with Gasteiger partial charge >= 0.3 is 0 Å². The second-order valence-corrected chi connectivity index (χ2v) is 7.94. The van der Waals surface area contributed by atoms with Crippen LogP contribution >= 0.6 is 11.6 Å². The van der Waals surface area contributed by atoms with Gasteiger partial charge < -0.3 is 19.1 Å². The first-order valence-electron chi connectivity index (χ1n) is 10.5. The van der Waals surface area contributed by atoms with E-state index in [1.54, 1.807) is 19.2 Å². The molecule has 7 nitrogen and oxygen atoms in total. The number of hydrogen-bond donors (Lipinski definition) is 0. The predicted molar refractivity (Wildman–Crippen MR) is 123 cm³/mol. The second-order valence-electron chi connectivity index (χ2n) is 7.53. The Morgan fingerprint density at radius 1 is 1.16 bits per heavy atom. The summed E-state index contributed by atoms with van der Waals surface area (Å²) in [5.41, 5.74) is 1.42. The number of morpholine rings is 1. The monoisotopic (exact) mass is 460 g/mol. The van der Waals surface area contributed by atoms with Crippen LogP contribution in [0.4, 0.5) is 15.9 Å². The molecular formula is C23H26ClFN4O3. The van der Waals surface area contributed by atoms with Crippen LogP contribution in [0.5, 0.6) is 11.5 Å². The van der Waals surface area contributed by atoms with Gasteiger partial charge in [-0.2, -0.15) is 0 Å². The number of anilines is 2. The summed E-state index contributed by atoms with van der Waals surface area (Å²) in [5.74, 6) is 1.43. The van der Waals surface area contributed by atoms with Gasteiger partial charge in [-0.3, -0.25) is 4.90 Å². The Morgan fingerprint density at radius 2 is 1.97 bits per heavy atom. The smallest absolute Gasteiger partial charge is 0.162 e. The lowest BCUT2D eigenvalue weighted by Gasteiger charge is -2.26. The molecule has 2 heterocycles. The number of methoxy groups -OCH3 is 1. The summed E-state index contributed by atoms with van der Waals surface area (Å²) in [6, 6.07) is 8.28. The maximum Gasteiger partial charge on any atom is 0.162 e. The first-order chi connectivity index (χ1) is 15.6. The van der Waals surface area contributed by atoms with Crippen molar-refractivity contribution in [2.45, 2.75) is 6.42 Å². The molecule has 1 aliphatic rings. The van der Waals surface area contributed by atoms with E-state index in [-0.39, 0.29) is 5.02 Å². The molecule has 4 rings (SSSR count). The van der Waals surface area contributed by atoms with Crippen LogP contribution in [0, 0.1) is 5.82 Å². The van der Waals surface area contributed by atoms with E-state index in [4.69, 9.17) is 25.8 Å². The SMILES string of the molecule is COc1cc2ncnc(N(C)c3ccc(F)c(Cl)c3)c2cc1OCCCN1CCOCC1. The van der Waals surface area contributed by atoms with Gasteiger partial charge in [-0.25, -0.2) is 14.4 Å². The van der Waals surface area contributed by atoms with Crippen LogP contribution in [0.1, 0.15) is 6.42 Å². The number of aromatic nitrogens is 2. The molecular weight excluding hydrogens is 435 g/mol. The molecule has 0 amide bonds. The summed E-state index contributed by atoms with van der Waals surface area (Å²) >= 11 is 5.97. The zero-order chi connectivity index (χ0) is 22.5. The van der Waals surface area contributed by atoms with Gasteiger partial charge in [0, 0.05) is 43.8 Å². The zero-order valence-electron chi connectivity index (χ0n) is 18.2. The number of fused-ring (bicyclic) bond motifs is 1. The number of ether oxygens (including phenoxy) is 3. The van der Waals surface area contributed by atoms with Crippen LogP contribution in [-0.4, -0.2) is 68.5 Å². The van der Waals surface area contributed by atoms with E-state index in [9.17, 15) is 4.39 Å². The van der Waals surface area contributed by atoms with Crippen molar-refractivity contribution in [3.63, 3.8) is 0 Å². The third-order valence-corrected chi connectivity index (χ3v) is 5.78. The Balaban J connectivity index is 1.56. The highest BCUT2D eigenvalue weighted by atomic mass is 35.5. The van der Waals surface area contributed by atoms with Crippen molar-refractivity contribution in [1.82, 2.24) is 14.9 Å². The van der Waals surface area contributed by atoms with Gasteiger partial charge in [0.15, 0.2) is 11.5 Å². The molecule has 0 N–H and O–H groups in total. The number of rotatable bonds is 8. The molecule has 0 unspecified atom stereocenters. The van der Waals surface area contributed by atoms with Crippen LogP contribution in [-0.2, 0) is 4.74 Å². The lowest BCUT2D eigenvalue weighted by molar-refractivity contribution is 0.0357. The van der Waals surface area contributed by atoms with Crippen molar-refractivity contribution in [3.05, 3.63) is 47.5 Å². The normalized spacial score (nSPS) is 14.5. The van der Waals surface area contributed by atoms with Gasteiger partial charge in [-0.1, -0.05) is 11.6 Å². The Morgan fingerprint density at radius 3 is 2.72 bits per heavy atom. The molecule has 1 fully saturated rings. The molecule has 0 spiro atoms. The topological polar surface area (TPSA) is 60.0 Å². The molecule has 2 aromatic carbocycles. The van der Waals surface area contributed by atoms with Crippen LogP contribution < -0.4 is 14.4 Å². The van der Waals surface area contributed by atoms with E-state index in [0.29, 0.717) is 35.1 Å². The standard InChI is InChI=1S/C23H26ClFN4O3/c1-28(16-4-5-19(25)18(24)12-16)23-17-13-22(21(30-2)14-20(17)26-15-27-23)32-9-3-6-29-7-10-31-11-8-29/h4-5,12-15H,3,6-11H2,1-2H3. The van der Waals surface area contributed by atoms with Crippen molar-refractivity contribution in [2.75, 3.05) is 58.5 Å². The first-order valence-corrected chi connectivity index (χ1v) is 10.9. The van der Waals surface area contributed by atoms with Gasteiger partial charge in [-0.15, -0.1) is 0 Å². The van der Waals surface area contributed by atoms with Crippen LogP contribution in [0.15, 0.2) is 36.7 Å². The molecule has 0 saturated carbocycles. The summed E-state index contributed by atoms with van der Waals surface area (Å²) in [6.45, 7) is 5.01. The predicted octanol–water partition coefficient (Wildman–Crippen LogP) is 4.30. The molecule has 1 saturated heterocycles. The lowest BCUT2D eigenvalue weighted by atomic mass is 10.2. The fraction of sp³-hybridized carbons (Fsp3) is 0.391. The highest BCUT2D eigenvalue weighted by Gasteiger charge is 2.16. The number of nitrogens with zero attached hydrogens (tertiary/aromatic N) is 4. The fourth-order valence-electron chi connectivity index (χ4n) is 3.70. The number of halogens is 2. The average molecular weight is 461 g/mol. The van der Waals surface area contributed by atoms with Gasteiger partial charge in [0.2, 0.25) is 0 Å². The number of hydrogen-bond acceptors (Lipinski definition) is 7. The van der Waals surface area contributed by atoms with Gasteiger partial charge in [0.25, 0.3) is 0 Å². The van der Waals surface area contributed by atoms with E-state index < -0.39 is 5.82 Å². The zero-order valence-corrected chi connectivity index (χ0v) is 18.9. The molecule has 9 heteroatoms. The minimum atomic E-state index is -0.464. The van der Waals surface area contributed by atoms with E-state index in [1.165, 1.54) is 12.4 Å². The molecule has 0 radical (unpaired) electrons. The quantitative estimate of drug-likeness (QED) is 0.464.